The first-order chi connectivity index (χ1) is 5.22. The zero-order valence-electron chi connectivity index (χ0n) is 7.84. The Morgan fingerprint density at radius 1 is 1.27 bits per heavy atom. The second kappa shape index (κ2) is 4.10. The van der Waals surface area contributed by atoms with Crippen molar-refractivity contribution >= 4 is 0 Å². The van der Waals surface area contributed by atoms with Gasteiger partial charge in [-0.15, -0.1) is 0 Å². The lowest BCUT2D eigenvalue weighted by Gasteiger charge is -2.13. The van der Waals surface area contributed by atoms with Gasteiger partial charge in [0.1, 0.15) is 0 Å². The van der Waals surface area contributed by atoms with E-state index < -0.39 is 0 Å². The average molecular weight is 155 g/mol. The van der Waals surface area contributed by atoms with Crippen molar-refractivity contribution in [3.63, 3.8) is 0 Å². The van der Waals surface area contributed by atoms with Gasteiger partial charge < -0.3 is 5.73 Å². The van der Waals surface area contributed by atoms with Crippen LogP contribution in [-0.4, -0.2) is 6.04 Å². The summed E-state index contributed by atoms with van der Waals surface area (Å²) in [7, 11) is 0. The minimum Gasteiger partial charge on any atom is -0.328 e. The SMILES string of the molecule is CCC1CCC(N)CC(C)C1. The highest BCUT2D eigenvalue weighted by Crippen LogP contribution is 2.28. The van der Waals surface area contributed by atoms with Gasteiger partial charge in [-0.1, -0.05) is 20.3 Å². The largest absolute Gasteiger partial charge is 0.328 e. The molecule has 0 radical (unpaired) electrons. The molecule has 0 bridgehead atoms. The monoisotopic (exact) mass is 155 g/mol. The van der Waals surface area contributed by atoms with Gasteiger partial charge in [-0.3, -0.25) is 0 Å². The van der Waals surface area contributed by atoms with Crippen LogP contribution in [0.1, 0.15) is 46.0 Å². The van der Waals surface area contributed by atoms with E-state index in [1.54, 1.807) is 0 Å². The molecule has 66 valence electrons. The fraction of sp³-hybridized carbons (Fsp3) is 1.00. The van der Waals surface area contributed by atoms with E-state index in [-0.39, 0.29) is 0 Å². The Balaban J connectivity index is 2.39. The van der Waals surface area contributed by atoms with Gasteiger partial charge in [0, 0.05) is 6.04 Å². The maximum Gasteiger partial charge on any atom is 0.00414 e. The second-order valence-electron chi connectivity index (χ2n) is 4.19. The molecule has 0 amide bonds. The Kier molecular flexibility index (Phi) is 3.38. The lowest BCUT2D eigenvalue weighted by atomic mass is 9.93. The predicted octanol–water partition coefficient (Wildman–Crippen LogP) is 2.55. The van der Waals surface area contributed by atoms with Crippen molar-refractivity contribution in [3.8, 4) is 0 Å². The van der Waals surface area contributed by atoms with Crippen molar-refractivity contribution in [2.45, 2.75) is 52.0 Å². The van der Waals surface area contributed by atoms with Gasteiger partial charge in [-0.2, -0.15) is 0 Å². The van der Waals surface area contributed by atoms with Crippen LogP contribution in [-0.2, 0) is 0 Å². The Labute approximate surface area is 70.4 Å². The number of rotatable bonds is 1. The van der Waals surface area contributed by atoms with Crippen LogP contribution in [0.15, 0.2) is 0 Å². The molecule has 0 aromatic carbocycles. The summed E-state index contributed by atoms with van der Waals surface area (Å²) >= 11 is 0. The van der Waals surface area contributed by atoms with Gasteiger partial charge >= 0.3 is 0 Å². The number of hydrogen-bond donors (Lipinski definition) is 1. The minimum atomic E-state index is 0.488. The summed E-state index contributed by atoms with van der Waals surface area (Å²) in [6.07, 6.45) is 6.61. The van der Waals surface area contributed by atoms with Crippen LogP contribution in [0.3, 0.4) is 0 Å². The maximum absolute atomic E-state index is 5.94. The molecule has 0 heterocycles. The second-order valence-corrected chi connectivity index (χ2v) is 4.19. The van der Waals surface area contributed by atoms with E-state index in [9.17, 15) is 0 Å². The Bertz CT molecular complexity index is 111. The van der Waals surface area contributed by atoms with Crippen LogP contribution in [0.5, 0.6) is 0 Å². The third-order valence-corrected chi connectivity index (χ3v) is 2.96. The van der Waals surface area contributed by atoms with E-state index in [2.05, 4.69) is 13.8 Å². The zero-order chi connectivity index (χ0) is 8.27. The number of hydrogen-bond acceptors (Lipinski definition) is 1. The molecule has 1 saturated carbocycles. The van der Waals surface area contributed by atoms with Crippen molar-refractivity contribution in [2.24, 2.45) is 17.6 Å². The topological polar surface area (TPSA) is 26.0 Å². The van der Waals surface area contributed by atoms with Crippen LogP contribution in [0.4, 0.5) is 0 Å². The molecule has 0 aliphatic heterocycles. The van der Waals surface area contributed by atoms with Gasteiger partial charge in [0.25, 0.3) is 0 Å². The summed E-state index contributed by atoms with van der Waals surface area (Å²) in [4.78, 5) is 0. The number of nitrogens with two attached hydrogens (primary N) is 1. The van der Waals surface area contributed by atoms with Crippen molar-refractivity contribution in [2.75, 3.05) is 0 Å². The molecule has 2 N–H and O–H groups in total. The molecule has 3 atom stereocenters. The molecule has 0 aromatic rings. The molecule has 1 fully saturated rings. The van der Waals surface area contributed by atoms with Gasteiger partial charge in [0.05, 0.1) is 0 Å². The Morgan fingerprint density at radius 3 is 2.64 bits per heavy atom. The molecule has 0 spiro atoms. The van der Waals surface area contributed by atoms with Crippen molar-refractivity contribution in [1.29, 1.82) is 0 Å². The van der Waals surface area contributed by atoms with E-state index in [0.717, 1.165) is 11.8 Å². The Morgan fingerprint density at radius 2 is 2.00 bits per heavy atom. The zero-order valence-corrected chi connectivity index (χ0v) is 7.84. The van der Waals surface area contributed by atoms with Gasteiger partial charge in [-0.25, -0.2) is 0 Å². The molecule has 11 heavy (non-hydrogen) atoms. The van der Waals surface area contributed by atoms with Crippen LogP contribution in [0.25, 0.3) is 0 Å². The highest BCUT2D eigenvalue weighted by molar-refractivity contribution is 4.75. The molecule has 1 aliphatic carbocycles. The van der Waals surface area contributed by atoms with Gasteiger partial charge in [0.15, 0.2) is 0 Å². The summed E-state index contributed by atoms with van der Waals surface area (Å²) in [5.41, 5.74) is 5.94. The third kappa shape index (κ3) is 2.82. The van der Waals surface area contributed by atoms with E-state index in [4.69, 9.17) is 5.73 Å². The summed E-state index contributed by atoms with van der Waals surface area (Å²) < 4.78 is 0. The van der Waals surface area contributed by atoms with E-state index >= 15 is 0 Å². The lowest BCUT2D eigenvalue weighted by molar-refractivity contribution is 0.385. The first-order valence-corrected chi connectivity index (χ1v) is 4.98. The molecule has 1 rings (SSSR count). The van der Waals surface area contributed by atoms with Gasteiger partial charge in [-0.05, 0) is 37.5 Å². The Hall–Kier alpha value is -0.0400. The summed E-state index contributed by atoms with van der Waals surface area (Å²) in [5.74, 6) is 1.82. The predicted molar refractivity (Wildman–Crippen MR) is 49.4 cm³/mol. The molecular formula is C10H21N. The van der Waals surface area contributed by atoms with E-state index in [0.29, 0.717) is 6.04 Å². The molecule has 0 aromatic heterocycles. The van der Waals surface area contributed by atoms with Crippen molar-refractivity contribution < 1.29 is 0 Å². The van der Waals surface area contributed by atoms with Gasteiger partial charge in [0.2, 0.25) is 0 Å². The molecule has 1 nitrogen and oxygen atoms in total. The van der Waals surface area contributed by atoms with Crippen molar-refractivity contribution in [3.05, 3.63) is 0 Å². The quantitative estimate of drug-likeness (QED) is 0.579. The van der Waals surface area contributed by atoms with Crippen LogP contribution in [0, 0.1) is 11.8 Å². The molecule has 1 heteroatoms. The van der Waals surface area contributed by atoms with E-state index in [1.165, 1.54) is 32.1 Å². The molecule has 0 saturated heterocycles. The smallest absolute Gasteiger partial charge is 0.00414 e. The molecule has 1 aliphatic rings. The summed E-state index contributed by atoms with van der Waals surface area (Å²) in [6.45, 7) is 4.64. The average Bonchev–Trinajstić information content (AvgIpc) is 2.11. The third-order valence-electron chi connectivity index (χ3n) is 2.96. The normalized spacial score (nSPS) is 40.1. The molecular weight excluding hydrogens is 134 g/mol. The summed E-state index contributed by atoms with van der Waals surface area (Å²) in [5, 5.41) is 0. The highest BCUT2D eigenvalue weighted by atomic mass is 14.6. The lowest BCUT2D eigenvalue weighted by Crippen LogP contribution is -2.20. The fourth-order valence-electron chi connectivity index (χ4n) is 2.24. The standard InChI is InChI=1S/C10H21N/c1-3-9-4-5-10(11)7-8(2)6-9/h8-10H,3-7,11H2,1-2H3. The summed E-state index contributed by atoms with van der Waals surface area (Å²) in [6, 6.07) is 0.488. The highest BCUT2D eigenvalue weighted by Gasteiger charge is 2.19. The van der Waals surface area contributed by atoms with Crippen LogP contribution < -0.4 is 5.73 Å². The first-order valence-electron chi connectivity index (χ1n) is 4.98. The van der Waals surface area contributed by atoms with Crippen LogP contribution in [0.2, 0.25) is 0 Å². The van der Waals surface area contributed by atoms with Crippen LogP contribution >= 0.6 is 0 Å². The van der Waals surface area contributed by atoms with Crippen molar-refractivity contribution in [1.82, 2.24) is 0 Å². The first kappa shape index (κ1) is 9.05. The fourth-order valence-corrected chi connectivity index (χ4v) is 2.24. The molecule has 3 unspecified atom stereocenters. The van der Waals surface area contributed by atoms with E-state index in [1.807, 2.05) is 0 Å². The maximum atomic E-state index is 5.94. The minimum absolute atomic E-state index is 0.488.